The van der Waals surface area contributed by atoms with Gasteiger partial charge < -0.3 is 0 Å². The van der Waals surface area contributed by atoms with Crippen LogP contribution in [0.25, 0.3) is 10.9 Å². The first-order chi connectivity index (χ1) is 14.0. The maximum atomic E-state index is 13.8. The van der Waals surface area contributed by atoms with Crippen molar-refractivity contribution in [1.82, 2.24) is 4.98 Å². The zero-order chi connectivity index (χ0) is 20.6. The van der Waals surface area contributed by atoms with E-state index in [1.54, 1.807) is 12.3 Å². The van der Waals surface area contributed by atoms with Gasteiger partial charge in [0.1, 0.15) is 0 Å². The third-order valence-electron chi connectivity index (χ3n) is 6.20. The second-order valence-electron chi connectivity index (χ2n) is 7.66. The van der Waals surface area contributed by atoms with E-state index < -0.39 is 23.9 Å². The van der Waals surface area contributed by atoms with E-state index in [4.69, 9.17) is 0 Å². The highest BCUT2D eigenvalue weighted by atomic mass is 79.9. The minimum atomic E-state index is -3.50. The average Bonchev–Trinajstić information content (AvgIpc) is 2.74. The lowest BCUT2D eigenvalue weighted by atomic mass is 9.91. The van der Waals surface area contributed by atoms with E-state index in [-0.39, 0.29) is 0 Å². The number of aromatic nitrogens is 1. The minimum Gasteiger partial charge on any atom is -0.255 e. The molecule has 1 aromatic heterocycles. The van der Waals surface area contributed by atoms with Gasteiger partial charge in [-0.2, -0.15) is 0 Å². The molecule has 0 aliphatic heterocycles. The SMILES string of the molecule is CC[Si](CC)[C@H]1CC(S(=O)(=O)c2cccc3cccnc23)Cc2c(Br)cccc21. The van der Waals surface area contributed by atoms with Crippen LogP contribution in [0.3, 0.4) is 0 Å². The average molecular weight is 488 g/mol. The Morgan fingerprint density at radius 1 is 1.07 bits per heavy atom. The molecule has 29 heavy (non-hydrogen) atoms. The van der Waals surface area contributed by atoms with Crippen LogP contribution < -0.4 is 0 Å². The van der Waals surface area contributed by atoms with Crippen LogP contribution in [0.5, 0.6) is 0 Å². The van der Waals surface area contributed by atoms with Crippen molar-refractivity contribution in [2.24, 2.45) is 0 Å². The number of rotatable bonds is 5. The molecular weight excluding hydrogens is 462 g/mol. The van der Waals surface area contributed by atoms with Crippen LogP contribution in [0.15, 0.2) is 64.1 Å². The van der Waals surface area contributed by atoms with E-state index in [0.717, 1.165) is 21.9 Å². The van der Waals surface area contributed by atoms with Crippen molar-refractivity contribution in [3.05, 3.63) is 70.3 Å². The van der Waals surface area contributed by atoms with Crippen LogP contribution in [-0.2, 0) is 16.3 Å². The second kappa shape index (κ2) is 8.32. The summed E-state index contributed by atoms with van der Waals surface area (Å²) in [6.45, 7) is 4.50. The Balaban J connectivity index is 1.83. The molecule has 3 nitrogen and oxygen atoms in total. The van der Waals surface area contributed by atoms with E-state index >= 15 is 0 Å². The van der Waals surface area contributed by atoms with E-state index in [2.05, 4.69) is 46.9 Å². The standard InChI is InChI=1S/C23H25BrNO2SSi/c1-3-29(4-2)22-15-17(14-19-18(22)10-6-11-20(19)24)28(26,27)21-12-5-8-16-9-7-13-25-23(16)21/h5-13,17,22H,3-4,14-15H2,1-2H3/t17?,22-/m0/s1. The predicted octanol–water partition coefficient (Wildman–Crippen LogP) is 5.94. The first kappa shape index (κ1) is 20.8. The molecule has 0 amide bonds. The highest BCUT2D eigenvalue weighted by molar-refractivity contribution is 9.10. The number of hydrogen-bond donors (Lipinski definition) is 0. The largest absolute Gasteiger partial charge is 0.255 e. The molecule has 1 radical (unpaired) electrons. The van der Waals surface area contributed by atoms with Gasteiger partial charge >= 0.3 is 0 Å². The van der Waals surface area contributed by atoms with Gasteiger partial charge in [-0.1, -0.05) is 72.2 Å². The summed E-state index contributed by atoms with van der Waals surface area (Å²) in [5.74, 6) is 0. The molecule has 2 atom stereocenters. The third-order valence-corrected chi connectivity index (χ3v) is 12.5. The number of fused-ring (bicyclic) bond motifs is 2. The molecule has 0 saturated heterocycles. The Morgan fingerprint density at radius 2 is 1.79 bits per heavy atom. The number of benzene rings is 2. The summed E-state index contributed by atoms with van der Waals surface area (Å²) in [4.78, 5) is 4.78. The lowest BCUT2D eigenvalue weighted by Crippen LogP contribution is -2.36. The van der Waals surface area contributed by atoms with Gasteiger partial charge in [0.2, 0.25) is 0 Å². The molecule has 3 aromatic rings. The molecule has 6 heteroatoms. The fourth-order valence-electron chi connectivity index (χ4n) is 4.67. The van der Waals surface area contributed by atoms with Crippen molar-refractivity contribution < 1.29 is 8.42 Å². The molecule has 0 fully saturated rings. The van der Waals surface area contributed by atoms with Crippen LogP contribution >= 0.6 is 15.9 Å². The highest BCUT2D eigenvalue weighted by Crippen LogP contribution is 2.42. The van der Waals surface area contributed by atoms with Crippen LogP contribution in [-0.4, -0.2) is 27.4 Å². The summed E-state index contributed by atoms with van der Waals surface area (Å²) in [5.41, 5.74) is 3.48. The molecule has 0 bridgehead atoms. The van der Waals surface area contributed by atoms with Gasteiger partial charge in [0, 0.05) is 16.1 Å². The van der Waals surface area contributed by atoms with E-state index in [1.807, 2.05) is 30.3 Å². The Kier molecular flexibility index (Phi) is 5.96. The molecule has 1 aliphatic rings. The molecule has 0 spiro atoms. The first-order valence-corrected chi connectivity index (χ1v) is 14.5. The lowest BCUT2D eigenvalue weighted by Gasteiger charge is -2.35. The van der Waals surface area contributed by atoms with Crippen LogP contribution in [0, 0.1) is 0 Å². The minimum absolute atomic E-state index is 0.360. The molecule has 151 valence electrons. The van der Waals surface area contributed by atoms with Crippen molar-refractivity contribution in [3.8, 4) is 0 Å². The van der Waals surface area contributed by atoms with E-state index in [1.165, 1.54) is 11.1 Å². The normalized spacial score (nSPS) is 19.4. The fourth-order valence-corrected chi connectivity index (χ4v) is 10.1. The number of nitrogens with zero attached hydrogens (tertiary/aromatic N) is 1. The van der Waals surface area contributed by atoms with Gasteiger partial charge in [0.25, 0.3) is 0 Å². The molecule has 1 heterocycles. The number of halogens is 1. The van der Waals surface area contributed by atoms with E-state index in [0.29, 0.717) is 28.8 Å². The smallest absolute Gasteiger partial charge is 0.183 e. The maximum Gasteiger partial charge on any atom is 0.183 e. The summed E-state index contributed by atoms with van der Waals surface area (Å²) in [7, 11) is -4.17. The van der Waals surface area contributed by atoms with Crippen molar-refractivity contribution in [1.29, 1.82) is 0 Å². The Bertz CT molecular complexity index is 1140. The van der Waals surface area contributed by atoms with Crippen molar-refractivity contribution in [3.63, 3.8) is 0 Å². The summed E-state index contributed by atoms with van der Waals surface area (Å²) in [5, 5.41) is 0.457. The topological polar surface area (TPSA) is 47.0 Å². The molecule has 0 N–H and O–H groups in total. The summed E-state index contributed by atoms with van der Waals surface area (Å²) < 4.78 is 28.7. The molecule has 1 unspecified atom stereocenters. The van der Waals surface area contributed by atoms with Gasteiger partial charge in [0.05, 0.1) is 24.5 Å². The third kappa shape index (κ3) is 3.71. The van der Waals surface area contributed by atoms with Gasteiger partial charge in [-0.25, -0.2) is 8.42 Å². The van der Waals surface area contributed by atoms with Gasteiger partial charge in [-0.15, -0.1) is 0 Å². The zero-order valence-corrected chi connectivity index (χ0v) is 20.1. The van der Waals surface area contributed by atoms with Crippen LogP contribution in [0.1, 0.15) is 36.9 Å². The van der Waals surface area contributed by atoms with Crippen LogP contribution in [0.2, 0.25) is 12.1 Å². The number of para-hydroxylation sites is 1. The van der Waals surface area contributed by atoms with Crippen molar-refractivity contribution in [2.75, 3.05) is 0 Å². The Morgan fingerprint density at radius 3 is 2.55 bits per heavy atom. The summed E-state index contributed by atoms with van der Waals surface area (Å²) in [6.07, 6.45) is 2.94. The number of hydrogen-bond acceptors (Lipinski definition) is 3. The van der Waals surface area contributed by atoms with Gasteiger partial charge in [-0.3, -0.25) is 4.98 Å². The van der Waals surface area contributed by atoms with E-state index in [9.17, 15) is 8.42 Å². The predicted molar refractivity (Wildman–Crippen MR) is 125 cm³/mol. The van der Waals surface area contributed by atoms with Crippen molar-refractivity contribution >= 4 is 45.5 Å². The Hall–Kier alpha value is -1.50. The number of pyridine rings is 1. The highest BCUT2D eigenvalue weighted by Gasteiger charge is 2.39. The van der Waals surface area contributed by atoms with Crippen molar-refractivity contribution in [2.45, 2.75) is 54.5 Å². The maximum absolute atomic E-state index is 13.8. The number of sulfone groups is 1. The molecule has 2 aromatic carbocycles. The summed E-state index contributed by atoms with van der Waals surface area (Å²) >= 11 is 3.70. The monoisotopic (exact) mass is 486 g/mol. The lowest BCUT2D eigenvalue weighted by molar-refractivity contribution is 0.555. The zero-order valence-electron chi connectivity index (χ0n) is 16.7. The molecule has 4 rings (SSSR count). The molecule has 1 aliphatic carbocycles. The first-order valence-electron chi connectivity index (χ1n) is 10.2. The van der Waals surface area contributed by atoms with Gasteiger partial charge in [0.15, 0.2) is 9.84 Å². The molecule has 0 saturated carbocycles. The fraction of sp³-hybridized carbons (Fsp3) is 0.348. The molecular formula is C23H25BrNO2SSi. The Labute approximate surface area is 183 Å². The second-order valence-corrected chi connectivity index (χ2v) is 14.1. The van der Waals surface area contributed by atoms with Gasteiger partial charge in [-0.05, 0) is 47.7 Å². The quantitative estimate of drug-likeness (QED) is 0.418. The summed E-state index contributed by atoms with van der Waals surface area (Å²) in [6, 6.07) is 17.9. The van der Waals surface area contributed by atoms with Crippen LogP contribution in [0.4, 0.5) is 0 Å².